The van der Waals surface area contributed by atoms with Crippen molar-refractivity contribution in [1.82, 2.24) is 5.32 Å². The molecule has 2 fully saturated rings. The smallest absolute Gasteiger partial charge is 0.415 e. The van der Waals surface area contributed by atoms with Crippen LogP contribution in [-0.2, 0) is 9.53 Å². The summed E-state index contributed by atoms with van der Waals surface area (Å²) in [5, 5.41) is 2.78. The second kappa shape index (κ2) is 7.70. The minimum atomic E-state index is -0.558. The van der Waals surface area contributed by atoms with E-state index in [2.05, 4.69) is 5.32 Å². The third-order valence-corrected chi connectivity index (χ3v) is 6.87. The second-order valence-corrected chi connectivity index (χ2v) is 9.24. The molecule has 5 rings (SSSR count). The van der Waals surface area contributed by atoms with E-state index in [4.69, 9.17) is 26.8 Å². The molecule has 3 amide bonds. The van der Waals surface area contributed by atoms with E-state index >= 15 is 0 Å². The highest BCUT2D eigenvalue weighted by Gasteiger charge is 2.46. The molecule has 0 bridgehead atoms. The van der Waals surface area contributed by atoms with Crippen molar-refractivity contribution in [2.24, 2.45) is 5.73 Å². The Labute approximate surface area is 186 Å². The zero-order valence-corrected chi connectivity index (χ0v) is 17.8. The first-order valence-electron chi connectivity index (χ1n) is 9.79. The summed E-state index contributed by atoms with van der Waals surface area (Å²) in [5.74, 6) is 0.0931. The van der Waals surface area contributed by atoms with E-state index in [-0.39, 0.29) is 31.0 Å². The molecule has 2 saturated heterocycles. The number of nitrogens with two attached hydrogens (primary N) is 1. The first-order chi connectivity index (χ1) is 14.9. The van der Waals surface area contributed by atoms with E-state index in [9.17, 15) is 14.4 Å². The predicted molar refractivity (Wildman–Crippen MR) is 115 cm³/mol. The van der Waals surface area contributed by atoms with Gasteiger partial charge >= 0.3 is 6.09 Å². The van der Waals surface area contributed by atoms with E-state index in [0.717, 1.165) is 0 Å². The van der Waals surface area contributed by atoms with Crippen LogP contribution in [0.3, 0.4) is 0 Å². The third-order valence-electron chi connectivity index (χ3n) is 5.64. The van der Waals surface area contributed by atoms with Gasteiger partial charge in [-0.3, -0.25) is 14.5 Å². The van der Waals surface area contributed by atoms with Gasteiger partial charge in [0.2, 0.25) is 5.91 Å². The average Bonchev–Trinajstić information content (AvgIpc) is 3.44. The maximum absolute atomic E-state index is 12.6. The van der Waals surface area contributed by atoms with E-state index in [1.54, 1.807) is 40.1 Å². The zero-order chi connectivity index (χ0) is 21.7. The van der Waals surface area contributed by atoms with Crippen molar-refractivity contribution in [3.8, 4) is 5.75 Å². The van der Waals surface area contributed by atoms with Crippen molar-refractivity contribution in [2.45, 2.75) is 24.6 Å². The molecule has 3 aliphatic rings. The van der Waals surface area contributed by atoms with Gasteiger partial charge in [0, 0.05) is 18.3 Å². The van der Waals surface area contributed by atoms with Crippen LogP contribution in [0.2, 0.25) is 4.34 Å². The molecule has 3 aliphatic heterocycles. The number of hydrogen-bond donors (Lipinski definition) is 2. The van der Waals surface area contributed by atoms with Crippen LogP contribution in [0, 0.1) is 0 Å². The van der Waals surface area contributed by atoms with E-state index in [1.165, 1.54) is 11.3 Å². The van der Waals surface area contributed by atoms with Crippen molar-refractivity contribution in [3.05, 3.63) is 39.5 Å². The van der Waals surface area contributed by atoms with Gasteiger partial charge in [-0.25, -0.2) is 4.79 Å². The Kier molecular flexibility index (Phi) is 4.99. The molecule has 0 unspecified atom stereocenters. The monoisotopic (exact) mass is 462 g/mol. The SMILES string of the molecule is N[C@H]1CCN(c2ccc3c(c2)OC[C@H]2[C@H](CNC(=O)c4ccc(Cl)s4)OC(=O)N32)C1=O. The predicted octanol–water partition coefficient (Wildman–Crippen LogP) is 1.98. The number of ether oxygens (including phenoxy) is 2. The number of anilines is 2. The van der Waals surface area contributed by atoms with E-state index in [0.29, 0.717) is 39.3 Å². The van der Waals surface area contributed by atoms with E-state index < -0.39 is 18.2 Å². The van der Waals surface area contributed by atoms with Crippen LogP contribution in [0.15, 0.2) is 30.3 Å². The quantitative estimate of drug-likeness (QED) is 0.718. The first kappa shape index (κ1) is 20.1. The van der Waals surface area contributed by atoms with Gasteiger partial charge in [-0.2, -0.15) is 0 Å². The Balaban J connectivity index is 1.30. The average molecular weight is 463 g/mol. The molecule has 1 aromatic heterocycles. The van der Waals surface area contributed by atoms with Crippen LogP contribution < -0.4 is 25.6 Å². The van der Waals surface area contributed by atoms with Crippen molar-refractivity contribution < 1.29 is 23.9 Å². The number of fused-ring (bicyclic) bond motifs is 3. The number of nitrogens with zero attached hydrogens (tertiary/aromatic N) is 2. The van der Waals surface area contributed by atoms with Crippen LogP contribution in [0.4, 0.5) is 16.2 Å². The molecule has 2 aromatic rings. The Bertz CT molecular complexity index is 1080. The van der Waals surface area contributed by atoms with Crippen LogP contribution in [0.25, 0.3) is 0 Å². The topological polar surface area (TPSA) is 114 Å². The fourth-order valence-electron chi connectivity index (χ4n) is 4.04. The molecule has 0 spiro atoms. The summed E-state index contributed by atoms with van der Waals surface area (Å²) in [5.41, 5.74) is 7.06. The number of halogens is 1. The zero-order valence-electron chi connectivity index (χ0n) is 16.2. The molecule has 1 aromatic carbocycles. The lowest BCUT2D eigenvalue weighted by atomic mass is 10.1. The van der Waals surface area contributed by atoms with Gasteiger partial charge < -0.3 is 25.4 Å². The summed E-state index contributed by atoms with van der Waals surface area (Å²) in [7, 11) is 0. The van der Waals surface area contributed by atoms with Crippen LogP contribution in [0.5, 0.6) is 5.75 Å². The molecule has 0 radical (unpaired) electrons. The Morgan fingerprint density at radius 2 is 2.13 bits per heavy atom. The number of rotatable bonds is 4. The lowest BCUT2D eigenvalue weighted by Crippen LogP contribution is -2.47. The molecule has 0 saturated carbocycles. The highest BCUT2D eigenvalue weighted by Crippen LogP contribution is 2.41. The number of carbonyl (C=O) groups excluding carboxylic acids is 3. The number of benzene rings is 1. The highest BCUT2D eigenvalue weighted by atomic mass is 35.5. The molecule has 4 heterocycles. The maximum atomic E-state index is 12.6. The number of thiophene rings is 1. The molecule has 31 heavy (non-hydrogen) atoms. The third kappa shape index (κ3) is 3.50. The van der Waals surface area contributed by atoms with Crippen molar-refractivity contribution in [3.63, 3.8) is 0 Å². The molecule has 3 N–H and O–H groups in total. The van der Waals surface area contributed by atoms with Gasteiger partial charge in [-0.15, -0.1) is 11.3 Å². The Morgan fingerprint density at radius 3 is 2.84 bits per heavy atom. The van der Waals surface area contributed by atoms with Gasteiger partial charge in [0.15, 0.2) is 0 Å². The van der Waals surface area contributed by atoms with Gasteiger partial charge in [-0.1, -0.05) is 11.6 Å². The largest absolute Gasteiger partial charge is 0.489 e. The molecule has 0 aliphatic carbocycles. The summed E-state index contributed by atoms with van der Waals surface area (Å²) in [6.45, 7) is 0.906. The minimum Gasteiger partial charge on any atom is -0.489 e. The fourth-order valence-corrected chi connectivity index (χ4v) is 5.00. The molecule has 9 nitrogen and oxygen atoms in total. The van der Waals surface area contributed by atoms with Crippen molar-refractivity contribution in [1.29, 1.82) is 0 Å². The first-order valence-corrected chi connectivity index (χ1v) is 11.0. The van der Waals surface area contributed by atoms with Gasteiger partial charge in [0.1, 0.15) is 24.5 Å². The molecule has 3 atom stereocenters. The van der Waals surface area contributed by atoms with Crippen LogP contribution in [-0.4, -0.2) is 55.8 Å². The molecule has 162 valence electrons. The van der Waals surface area contributed by atoms with Crippen molar-refractivity contribution >= 4 is 52.2 Å². The lowest BCUT2D eigenvalue weighted by molar-refractivity contribution is -0.118. The Hall–Kier alpha value is -2.82. The van der Waals surface area contributed by atoms with Gasteiger partial charge in [0.05, 0.1) is 27.5 Å². The number of nitrogens with one attached hydrogen (secondary N) is 1. The number of cyclic esters (lactones) is 1. The fraction of sp³-hybridized carbons (Fsp3) is 0.350. The summed E-state index contributed by atoms with van der Waals surface area (Å²) in [4.78, 5) is 40.7. The highest BCUT2D eigenvalue weighted by molar-refractivity contribution is 7.18. The molecular formula is C20H19ClN4O5S. The van der Waals surface area contributed by atoms with Crippen LogP contribution in [0.1, 0.15) is 16.1 Å². The maximum Gasteiger partial charge on any atom is 0.415 e. The van der Waals surface area contributed by atoms with Gasteiger partial charge in [-0.05, 0) is 30.7 Å². The summed E-state index contributed by atoms with van der Waals surface area (Å²) in [6.07, 6.45) is -0.458. The van der Waals surface area contributed by atoms with Gasteiger partial charge in [0.25, 0.3) is 5.91 Å². The normalized spacial score (nSPS) is 24.5. The van der Waals surface area contributed by atoms with Crippen molar-refractivity contribution in [2.75, 3.05) is 29.5 Å². The molecular weight excluding hydrogens is 444 g/mol. The number of carbonyl (C=O) groups is 3. The standard InChI is InChI=1S/C20H19ClN4O5S/c21-17-4-3-16(31-17)18(26)23-8-15-13-9-29-14-7-10(24-6-5-11(22)19(24)27)1-2-12(14)25(13)20(28)30-15/h1-4,7,11,13,15H,5-6,8-9,22H2,(H,23,26)/t11-,13-,15-/m0/s1. The number of hydrogen-bond acceptors (Lipinski definition) is 7. The molecule has 11 heteroatoms. The summed E-state index contributed by atoms with van der Waals surface area (Å²) in [6, 6.07) is 7.68. The number of amides is 3. The Morgan fingerprint density at radius 1 is 1.29 bits per heavy atom. The second-order valence-electron chi connectivity index (χ2n) is 7.52. The lowest BCUT2D eigenvalue weighted by Gasteiger charge is -2.32. The minimum absolute atomic E-state index is 0.128. The summed E-state index contributed by atoms with van der Waals surface area (Å²) < 4.78 is 11.9. The van der Waals surface area contributed by atoms with E-state index in [1.807, 2.05) is 0 Å². The summed E-state index contributed by atoms with van der Waals surface area (Å²) >= 11 is 7.05. The van der Waals surface area contributed by atoms with Crippen LogP contribution >= 0.6 is 22.9 Å².